The Hall–Kier alpha value is -1.30. The van der Waals surface area contributed by atoms with E-state index in [1.807, 2.05) is 4.40 Å². The highest BCUT2D eigenvalue weighted by atomic mass is 35.5. The zero-order valence-corrected chi connectivity index (χ0v) is 12.7. The van der Waals surface area contributed by atoms with Crippen molar-refractivity contribution < 1.29 is 4.79 Å². The van der Waals surface area contributed by atoms with Gasteiger partial charge in [0.25, 0.3) is 0 Å². The van der Waals surface area contributed by atoms with Crippen LogP contribution in [0.3, 0.4) is 0 Å². The number of nitrogens with one attached hydrogen (secondary N) is 1. The lowest BCUT2D eigenvalue weighted by atomic mass is 10.1. The van der Waals surface area contributed by atoms with E-state index in [1.54, 1.807) is 25.5 Å². The largest absolute Gasteiger partial charge is 0.355 e. The molecule has 3 rings (SSSR count). The second kappa shape index (κ2) is 5.99. The van der Waals surface area contributed by atoms with Crippen LogP contribution in [-0.4, -0.2) is 41.3 Å². The summed E-state index contributed by atoms with van der Waals surface area (Å²) in [5.41, 5.74) is 1.48. The summed E-state index contributed by atoms with van der Waals surface area (Å²) in [5, 5.41) is 3.87. The predicted molar refractivity (Wildman–Crippen MR) is 82.5 cm³/mol. The number of nitrogens with zero attached hydrogens (tertiary/aromatic N) is 3. The van der Waals surface area contributed by atoms with Crippen molar-refractivity contribution in [3.8, 4) is 0 Å². The average molecular weight is 315 g/mol. The molecule has 20 heavy (non-hydrogen) atoms. The summed E-state index contributed by atoms with van der Waals surface area (Å²) in [6.45, 7) is 5.14. The molecule has 0 spiro atoms. The molecule has 0 bridgehead atoms. The van der Waals surface area contributed by atoms with Gasteiger partial charge in [-0.1, -0.05) is 11.6 Å². The number of rotatable bonds is 2. The van der Waals surface area contributed by atoms with Crippen molar-refractivity contribution in [2.75, 3.05) is 31.1 Å². The van der Waals surface area contributed by atoms with Gasteiger partial charge in [0.2, 0.25) is 0 Å². The van der Waals surface area contributed by atoms with Crippen molar-refractivity contribution in [2.24, 2.45) is 0 Å². The van der Waals surface area contributed by atoms with E-state index in [0.717, 1.165) is 37.5 Å². The van der Waals surface area contributed by atoms with Crippen LogP contribution in [0.4, 0.5) is 5.82 Å². The molecule has 1 aliphatic heterocycles. The molecule has 0 saturated carbocycles. The molecule has 0 aromatic carbocycles. The number of hydrogen-bond acceptors (Lipinski definition) is 4. The number of piperazine rings is 1. The Morgan fingerprint density at radius 1 is 1.40 bits per heavy atom. The van der Waals surface area contributed by atoms with Gasteiger partial charge in [-0.05, 0) is 13.0 Å². The minimum absolute atomic E-state index is 0. The van der Waals surface area contributed by atoms with Gasteiger partial charge in [0.05, 0.1) is 22.3 Å². The van der Waals surface area contributed by atoms with Crippen LogP contribution in [0.15, 0.2) is 18.6 Å². The molecule has 0 radical (unpaired) electrons. The molecule has 0 unspecified atom stereocenters. The molecule has 2 aromatic rings. The molecule has 108 valence electrons. The standard InChI is InChI=1S/C13H15ClN4O.ClH/c1-9(19)10-6-11(14)12-7-16-8-18(12)13(10)17-4-2-15-3-5-17;/h6-8,15H,2-5H2,1H3;1H. The molecule has 1 N–H and O–H groups in total. The minimum atomic E-state index is 0. The predicted octanol–water partition coefficient (Wildman–Crippen LogP) is 2.02. The second-order valence-electron chi connectivity index (χ2n) is 4.67. The van der Waals surface area contributed by atoms with E-state index in [4.69, 9.17) is 11.6 Å². The van der Waals surface area contributed by atoms with E-state index in [9.17, 15) is 4.79 Å². The number of fused-ring (bicyclic) bond motifs is 1. The second-order valence-corrected chi connectivity index (χ2v) is 5.08. The van der Waals surface area contributed by atoms with E-state index < -0.39 is 0 Å². The molecule has 0 atom stereocenters. The summed E-state index contributed by atoms with van der Waals surface area (Å²) >= 11 is 6.21. The molecule has 3 heterocycles. The molecule has 1 saturated heterocycles. The number of halogens is 2. The molecule has 1 aliphatic rings. The normalized spacial score (nSPS) is 15.2. The Balaban J connectivity index is 0.00000147. The van der Waals surface area contributed by atoms with Crippen LogP contribution < -0.4 is 10.2 Å². The maximum Gasteiger partial charge on any atom is 0.163 e. The lowest BCUT2D eigenvalue weighted by Gasteiger charge is -2.31. The summed E-state index contributed by atoms with van der Waals surface area (Å²) in [5.74, 6) is 0.914. The summed E-state index contributed by atoms with van der Waals surface area (Å²) in [7, 11) is 0. The van der Waals surface area contributed by atoms with Crippen molar-refractivity contribution in [1.29, 1.82) is 0 Å². The van der Waals surface area contributed by atoms with Gasteiger partial charge >= 0.3 is 0 Å². The summed E-state index contributed by atoms with van der Waals surface area (Å²) < 4.78 is 1.91. The van der Waals surface area contributed by atoms with E-state index in [-0.39, 0.29) is 18.2 Å². The van der Waals surface area contributed by atoms with Gasteiger partial charge in [0.15, 0.2) is 5.78 Å². The highest BCUT2D eigenvalue weighted by Crippen LogP contribution is 2.29. The maximum atomic E-state index is 11.9. The monoisotopic (exact) mass is 314 g/mol. The molecular weight excluding hydrogens is 299 g/mol. The van der Waals surface area contributed by atoms with Crippen LogP contribution in [0.1, 0.15) is 17.3 Å². The highest BCUT2D eigenvalue weighted by Gasteiger charge is 2.21. The number of hydrogen-bond donors (Lipinski definition) is 1. The first-order valence-corrected chi connectivity index (χ1v) is 6.67. The van der Waals surface area contributed by atoms with Crippen LogP contribution in [0.25, 0.3) is 5.52 Å². The van der Waals surface area contributed by atoms with Crippen LogP contribution in [0.2, 0.25) is 5.02 Å². The zero-order valence-electron chi connectivity index (χ0n) is 11.1. The van der Waals surface area contributed by atoms with Gasteiger partial charge in [0.1, 0.15) is 12.1 Å². The SMILES string of the molecule is CC(=O)c1cc(Cl)c2cncn2c1N1CCNCC1.Cl. The first-order chi connectivity index (χ1) is 9.18. The van der Waals surface area contributed by atoms with Crippen molar-refractivity contribution >= 4 is 41.1 Å². The van der Waals surface area contributed by atoms with Gasteiger partial charge in [-0.2, -0.15) is 0 Å². The van der Waals surface area contributed by atoms with E-state index in [2.05, 4.69) is 15.2 Å². The Kier molecular flexibility index (Phi) is 4.52. The highest BCUT2D eigenvalue weighted by molar-refractivity contribution is 6.34. The summed E-state index contributed by atoms with van der Waals surface area (Å²) in [6.07, 6.45) is 3.43. The number of imidazole rings is 1. The number of ketones is 1. The lowest BCUT2D eigenvalue weighted by Crippen LogP contribution is -2.44. The molecule has 0 aliphatic carbocycles. The third-order valence-electron chi connectivity index (χ3n) is 3.42. The van der Waals surface area contributed by atoms with Crippen molar-refractivity contribution in [2.45, 2.75) is 6.92 Å². The van der Waals surface area contributed by atoms with Crippen LogP contribution in [0.5, 0.6) is 0 Å². The van der Waals surface area contributed by atoms with Crippen LogP contribution in [-0.2, 0) is 0 Å². The van der Waals surface area contributed by atoms with Gasteiger partial charge in [0, 0.05) is 26.2 Å². The van der Waals surface area contributed by atoms with Crippen LogP contribution >= 0.6 is 24.0 Å². The Morgan fingerprint density at radius 2 is 2.10 bits per heavy atom. The van der Waals surface area contributed by atoms with Crippen molar-refractivity contribution in [3.63, 3.8) is 0 Å². The molecule has 5 nitrogen and oxygen atoms in total. The molecule has 1 fully saturated rings. The fourth-order valence-corrected chi connectivity index (χ4v) is 2.74. The molecular formula is C13H16Cl2N4O. The fourth-order valence-electron chi connectivity index (χ4n) is 2.49. The number of Topliss-reactive ketones (excluding diaryl/α,β-unsaturated/α-hetero) is 1. The third kappa shape index (κ3) is 2.49. The summed E-state index contributed by atoms with van der Waals surface area (Å²) in [6, 6.07) is 1.75. The number of carbonyl (C=O) groups is 1. The van der Waals surface area contributed by atoms with Crippen molar-refractivity contribution in [1.82, 2.24) is 14.7 Å². The topological polar surface area (TPSA) is 49.6 Å². The third-order valence-corrected chi connectivity index (χ3v) is 3.72. The maximum absolute atomic E-state index is 11.9. The number of aromatic nitrogens is 2. The van der Waals surface area contributed by atoms with E-state index >= 15 is 0 Å². The van der Waals surface area contributed by atoms with Crippen LogP contribution in [0, 0.1) is 0 Å². The molecule has 0 amide bonds. The number of anilines is 1. The Bertz CT molecular complexity index is 635. The van der Waals surface area contributed by atoms with Crippen molar-refractivity contribution in [3.05, 3.63) is 29.2 Å². The molecule has 2 aromatic heterocycles. The number of carbonyl (C=O) groups excluding carboxylic acids is 1. The summed E-state index contributed by atoms with van der Waals surface area (Å²) in [4.78, 5) is 18.2. The molecule has 7 heteroatoms. The smallest absolute Gasteiger partial charge is 0.163 e. The first-order valence-electron chi connectivity index (χ1n) is 6.29. The zero-order chi connectivity index (χ0) is 13.4. The Morgan fingerprint density at radius 3 is 2.75 bits per heavy atom. The number of pyridine rings is 1. The fraction of sp³-hybridized carbons (Fsp3) is 0.385. The van der Waals surface area contributed by atoms with Gasteiger partial charge in [-0.3, -0.25) is 9.20 Å². The quantitative estimate of drug-likeness (QED) is 0.862. The van der Waals surface area contributed by atoms with Gasteiger partial charge < -0.3 is 10.2 Å². The minimum Gasteiger partial charge on any atom is -0.355 e. The lowest BCUT2D eigenvalue weighted by molar-refractivity contribution is 0.101. The van der Waals surface area contributed by atoms with E-state index in [0.29, 0.717) is 10.6 Å². The Labute approximate surface area is 128 Å². The van der Waals surface area contributed by atoms with Gasteiger partial charge in [-0.15, -0.1) is 12.4 Å². The van der Waals surface area contributed by atoms with Gasteiger partial charge in [-0.25, -0.2) is 4.98 Å². The average Bonchev–Trinajstić information content (AvgIpc) is 2.89. The first kappa shape index (κ1) is 15.1. The van der Waals surface area contributed by atoms with E-state index in [1.165, 1.54) is 0 Å².